The zero-order chi connectivity index (χ0) is 15.2. The van der Waals surface area contributed by atoms with Gasteiger partial charge >= 0.3 is 0 Å². The topological polar surface area (TPSA) is 24.4 Å². The van der Waals surface area contributed by atoms with Crippen LogP contribution in [0.2, 0.25) is 10.0 Å². The van der Waals surface area contributed by atoms with Gasteiger partial charge in [-0.25, -0.2) is 0 Å². The number of nitrogens with zero attached hydrogens (tertiary/aromatic N) is 1. The Morgan fingerprint density at radius 1 is 1.05 bits per heavy atom. The molecule has 2 rings (SSSR count). The standard InChI is InChI=1S/C16H16Cl2N2S/c1-11(2)21-14-6-3-12(4-7-14)10-19-20-13-5-8-15(17)16(18)9-13/h3-11,20H,1-2H3. The molecule has 0 aliphatic rings. The van der Waals surface area contributed by atoms with Crippen LogP contribution in [0.3, 0.4) is 0 Å². The van der Waals surface area contributed by atoms with E-state index in [2.05, 4.69) is 36.5 Å². The molecule has 2 aromatic rings. The first-order chi connectivity index (χ1) is 10.0. The molecule has 0 bridgehead atoms. The van der Waals surface area contributed by atoms with Crippen molar-refractivity contribution >= 4 is 46.9 Å². The van der Waals surface area contributed by atoms with Gasteiger partial charge in [0, 0.05) is 10.1 Å². The molecule has 2 aromatic carbocycles. The normalized spacial score (nSPS) is 11.3. The van der Waals surface area contributed by atoms with Gasteiger partial charge in [-0.3, -0.25) is 5.43 Å². The molecular weight excluding hydrogens is 323 g/mol. The minimum absolute atomic E-state index is 0.506. The highest BCUT2D eigenvalue weighted by Gasteiger charge is 1.99. The van der Waals surface area contributed by atoms with E-state index < -0.39 is 0 Å². The highest BCUT2D eigenvalue weighted by atomic mass is 35.5. The van der Waals surface area contributed by atoms with E-state index in [1.165, 1.54) is 4.90 Å². The molecule has 0 spiro atoms. The number of thioether (sulfide) groups is 1. The Labute approximate surface area is 139 Å². The van der Waals surface area contributed by atoms with Crippen LogP contribution >= 0.6 is 35.0 Å². The summed E-state index contributed by atoms with van der Waals surface area (Å²) in [5.74, 6) is 0. The van der Waals surface area contributed by atoms with E-state index in [1.54, 1.807) is 18.3 Å². The fourth-order valence-electron chi connectivity index (χ4n) is 1.65. The van der Waals surface area contributed by atoms with Crippen LogP contribution in [-0.4, -0.2) is 11.5 Å². The van der Waals surface area contributed by atoms with Crippen molar-refractivity contribution in [2.45, 2.75) is 24.0 Å². The molecule has 5 heteroatoms. The van der Waals surface area contributed by atoms with E-state index in [0.29, 0.717) is 15.3 Å². The van der Waals surface area contributed by atoms with Crippen LogP contribution in [-0.2, 0) is 0 Å². The summed E-state index contributed by atoms with van der Waals surface area (Å²) in [6.07, 6.45) is 1.77. The van der Waals surface area contributed by atoms with E-state index >= 15 is 0 Å². The molecule has 0 unspecified atom stereocenters. The Balaban J connectivity index is 1.96. The maximum Gasteiger partial charge on any atom is 0.0613 e. The minimum Gasteiger partial charge on any atom is -0.278 e. The second-order valence-electron chi connectivity index (χ2n) is 4.73. The number of rotatable bonds is 5. The maximum absolute atomic E-state index is 5.94. The van der Waals surface area contributed by atoms with Crippen molar-refractivity contribution in [3.05, 3.63) is 58.1 Å². The molecule has 0 amide bonds. The van der Waals surface area contributed by atoms with E-state index in [4.69, 9.17) is 23.2 Å². The van der Waals surface area contributed by atoms with Gasteiger partial charge in [0.1, 0.15) is 0 Å². The van der Waals surface area contributed by atoms with Crippen LogP contribution < -0.4 is 5.43 Å². The molecule has 0 aliphatic carbocycles. The molecule has 0 aromatic heterocycles. The van der Waals surface area contributed by atoms with Gasteiger partial charge in [0.25, 0.3) is 0 Å². The van der Waals surface area contributed by atoms with Gasteiger partial charge in [-0.15, -0.1) is 11.8 Å². The SMILES string of the molecule is CC(C)Sc1ccc(C=NNc2ccc(Cl)c(Cl)c2)cc1. The largest absolute Gasteiger partial charge is 0.278 e. The van der Waals surface area contributed by atoms with Crippen molar-refractivity contribution in [2.24, 2.45) is 5.10 Å². The molecule has 0 heterocycles. The molecule has 0 aliphatic heterocycles. The zero-order valence-electron chi connectivity index (χ0n) is 11.8. The Hall–Kier alpha value is -1.16. The summed E-state index contributed by atoms with van der Waals surface area (Å²) in [6.45, 7) is 4.36. The maximum atomic E-state index is 5.94. The molecule has 0 saturated carbocycles. The number of hydrogen-bond acceptors (Lipinski definition) is 3. The van der Waals surface area contributed by atoms with Gasteiger partial charge in [-0.1, -0.05) is 49.2 Å². The Bertz CT molecular complexity index is 625. The first-order valence-corrected chi connectivity index (χ1v) is 8.19. The molecule has 0 radical (unpaired) electrons. The first kappa shape index (κ1) is 16.2. The molecule has 0 fully saturated rings. The van der Waals surface area contributed by atoms with Crippen LogP contribution in [0.1, 0.15) is 19.4 Å². The number of anilines is 1. The van der Waals surface area contributed by atoms with Crippen LogP contribution in [0, 0.1) is 0 Å². The van der Waals surface area contributed by atoms with Crippen LogP contribution in [0.15, 0.2) is 52.5 Å². The third-order valence-corrected chi connectivity index (χ3v) is 4.33. The average molecular weight is 339 g/mol. The number of hydrogen-bond donors (Lipinski definition) is 1. The second kappa shape index (κ2) is 7.74. The van der Waals surface area contributed by atoms with Crippen molar-refractivity contribution in [3.63, 3.8) is 0 Å². The molecule has 21 heavy (non-hydrogen) atoms. The Kier molecular flexibility index (Phi) is 5.97. The summed E-state index contributed by atoms with van der Waals surface area (Å²) in [4.78, 5) is 1.26. The predicted octanol–water partition coefficient (Wildman–Crippen LogP) is 5.94. The zero-order valence-corrected chi connectivity index (χ0v) is 14.1. The predicted molar refractivity (Wildman–Crippen MR) is 95.1 cm³/mol. The van der Waals surface area contributed by atoms with Crippen molar-refractivity contribution in [1.29, 1.82) is 0 Å². The number of hydrazone groups is 1. The number of nitrogens with one attached hydrogen (secondary N) is 1. The van der Waals surface area contributed by atoms with E-state index in [1.807, 2.05) is 30.0 Å². The lowest BCUT2D eigenvalue weighted by molar-refractivity contribution is 1.11. The molecular formula is C16H16Cl2N2S. The van der Waals surface area contributed by atoms with Crippen molar-refractivity contribution in [1.82, 2.24) is 0 Å². The quantitative estimate of drug-likeness (QED) is 0.414. The third-order valence-electron chi connectivity index (χ3n) is 2.58. The van der Waals surface area contributed by atoms with Crippen LogP contribution in [0.4, 0.5) is 5.69 Å². The summed E-state index contributed by atoms with van der Waals surface area (Å²) in [5.41, 5.74) is 4.77. The second-order valence-corrected chi connectivity index (χ2v) is 7.20. The van der Waals surface area contributed by atoms with E-state index in [0.717, 1.165) is 11.3 Å². The van der Waals surface area contributed by atoms with E-state index in [-0.39, 0.29) is 0 Å². The summed E-state index contributed by atoms with van der Waals surface area (Å²) in [5, 5.41) is 5.81. The molecule has 1 N–H and O–H groups in total. The third kappa shape index (κ3) is 5.27. The Morgan fingerprint density at radius 3 is 2.38 bits per heavy atom. The van der Waals surface area contributed by atoms with Gasteiger partial charge < -0.3 is 0 Å². The van der Waals surface area contributed by atoms with Gasteiger partial charge in [0.2, 0.25) is 0 Å². The summed E-state index contributed by atoms with van der Waals surface area (Å²) < 4.78 is 0. The Morgan fingerprint density at radius 2 is 1.76 bits per heavy atom. The van der Waals surface area contributed by atoms with Gasteiger partial charge in [-0.2, -0.15) is 5.10 Å². The monoisotopic (exact) mass is 338 g/mol. The van der Waals surface area contributed by atoms with Crippen LogP contribution in [0.25, 0.3) is 0 Å². The molecule has 2 nitrogen and oxygen atoms in total. The number of benzene rings is 2. The lowest BCUT2D eigenvalue weighted by Gasteiger charge is -2.04. The fraction of sp³-hybridized carbons (Fsp3) is 0.188. The molecule has 110 valence electrons. The minimum atomic E-state index is 0.506. The van der Waals surface area contributed by atoms with Crippen molar-refractivity contribution in [2.75, 3.05) is 5.43 Å². The average Bonchev–Trinajstić information content (AvgIpc) is 2.44. The molecule has 0 atom stereocenters. The highest BCUT2D eigenvalue weighted by molar-refractivity contribution is 7.99. The van der Waals surface area contributed by atoms with E-state index in [9.17, 15) is 0 Å². The van der Waals surface area contributed by atoms with Gasteiger partial charge in [0.05, 0.1) is 21.9 Å². The van der Waals surface area contributed by atoms with Gasteiger partial charge in [-0.05, 0) is 35.9 Å². The smallest absolute Gasteiger partial charge is 0.0613 e. The summed E-state index contributed by atoms with van der Waals surface area (Å²) in [7, 11) is 0. The first-order valence-electron chi connectivity index (χ1n) is 6.55. The lowest BCUT2D eigenvalue weighted by Crippen LogP contribution is -1.91. The van der Waals surface area contributed by atoms with Crippen LogP contribution in [0.5, 0.6) is 0 Å². The van der Waals surface area contributed by atoms with Crippen molar-refractivity contribution < 1.29 is 0 Å². The lowest BCUT2D eigenvalue weighted by atomic mass is 10.2. The van der Waals surface area contributed by atoms with Crippen molar-refractivity contribution in [3.8, 4) is 0 Å². The number of halogens is 2. The molecule has 0 saturated heterocycles. The fourth-order valence-corrected chi connectivity index (χ4v) is 2.79. The summed E-state index contributed by atoms with van der Waals surface area (Å²) >= 11 is 13.6. The van der Waals surface area contributed by atoms with Gasteiger partial charge in [0.15, 0.2) is 0 Å². The summed E-state index contributed by atoms with van der Waals surface area (Å²) in [6, 6.07) is 13.6. The highest BCUT2D eigenvalue weighted by Crippen LogP contribution is 2.25.